The summed E-state index contributed by atoms with van der Waals surface area (Å²) >= 11 is 19.3. The molecule has 0 bridgehead atoms. The molecule has 2 aromatic rings. The van der Waals surface area contributed by atoms with Crippen molar-refractivity contribution in [2.24, 2.45) is 0 Å². The highest BCUT2D eigenvalue weighted by Crippen LogP contribution is 2.29. The maximum Gasteiger partial charge on any atom is 0.238 e. The summed E-state index contributed by atoms with van der Waals surface area (Å²) in [5, 5.41) is 6.54. The molecule has 2 rings (SSSR count). The van der Waals surface area contributed by atoms with Gasteiger partial charge < -0.3 is 10.6 Å². The quantitative estimate of drug-likeness (QED) is 0.838. The molecule has 7 heteroatoms. The molecule has 106 valence electrons. The number of carbonyl (C=O) groups is 1. The van der Waals surface area contributed by atoms with Gasteiger partial charge in [0, 0.05) is 11.4 Å². The largest absolute Gasteiger partial charge is 0.322 e. The van der Waals surface area contributed by atoms with Crippen molar-refractivity contribution in [2.45, 2.75) is 6.54 Å². The molecule has 0 radical (unpaired) electrons. The molecule has 3 nitrogen and oxygen atoms in total. The lowest BCUT2D eigenvalue weighted by atomic mass is 10.3. The number of hydrogen-bond acceptors (Lipinski definition) is 3. The zero-order chi connectivity index (χ0) is 14.5. The summed E-state index contributed by atoms with van der Waals surface area (Å²) < 4.78 is 0.731. The fourth-order valence-electron chi connectivity index (χ4n) is 1.55. The van der Waals surface area contributed by atoms with Gasteiger partial charge in [-0.05, 0) is 24.3 Å². The fourth-order valence-corrected chi connectivity index (χ4v) is 3.10. The average Bonchev–Trinajstić information content (AvgIpc) is 2.80. The average molecular weight is 350 g/mol. The monoisotopic (exact) mass is 348 g/mol. The molecule has 1 heterocycles. The van der Waals surface area contributed by atoms with E-state index in [0.717, 1.165) is 9.21 Å². The van der Waals surface area contributed by atoms with Crippen LogP contribution in [0.15, 0.2) is 30.3 Å². The van der Waals surface area contributed by atoms with Crippen molar-refractivity contribution in [3.8, 4) is 0 Å². The molecular weight excluding hydrogens is 339 g/mol. The van der Waals surface area contributed by atoms with Crippen LogP contribution in [0.3, 0.4) is 0 Å². The third-order valence-electron chi connectivity index (χ3n) is 2.44. The van der Waals surface area contributed by atoms with Crippen molar-refractivity contribution in [2.75, 3.05) is 11.9 Å². The zero-order valence-corrected chi connectivity index (χ0v) is 13.3. The number of benzene rings is 1. The third kappa shape index (κ3) is 4.36. The van der Waals surface area contributed by atoms with E-state index in [2.05, 4.69) is 10.6 Å². The van der Waals surface area contributed by atoms with Gasteiger partial charge in [0.2, 0.25) is 5.91 Å². The van der Waals surface area contributed by atoms with Gasteiger partial charge in [-0.3, -0.25) is 4.79 Å². The van der Waals surface area contributed by atoms with Gasteiger partial charge >= 0.3 is 0 Å². The summed E-state index contributed by atoms with van der Waals surface area (Å²) in [6.07, 6.45) is 0. The number of carbonyl (C=O) groups excluding carboxylic acids is 1. The van der Waals surface area contributed by atoms with Crippen LogP contribution in [0.1, 0.15) is 4.88 Å². The molecule has 1 aromatic heterocycles. The van der Waals surface area contributed by atoms with E-state index in [0.29, 0.717) is 22.3 Å². The van der Waals surface area contributed by atoms with Crippen LogP contribution < -0.4 is 10.6 Å². The first-order valence-electron chi connectivity index (χ1n) is 5.75. The van der Waals surface area contributed by atoms with Gasteiger partial charge in [-0.2, -0.15) is 0 Å². The normalized spacial score (nSPS) is 10.6. The molecule has 2 N–H and O–H groups in total. The standard InChI is InChI=1S/C13H11Cl3N2OS/c14-9-2-1-3-10(15)13(9)18-12(19)7-17-6-8-4-5-11(16)20-8/h1-5,17H,6-7H2,(H,18,19). The number of para-hydroxylation sites is 1. The maximum absolute atomic E-state index is 11.8. The van der Waals surface area contributed by atoms with Gasteiger partial charge in [-0.1, -0.05) is 40.9 Å². The van der Waals surface area contributed by atoms with Crippen molar-refractivity contribution < 1.29 is 4.79 Å². The van der Waals surface area contributed by atoms with Crippen molar-refractivity contribution in [3.63, 3.8) is 0 Å². The van der Waals surface area contributed by atoms with E-state index in [-0.39, 0.29) is 12.5 Å². The van der Waals surface area contributed by atoms with E-state index in [4.69, 9.17) is 34.8 Å². The van der Waals surface area contributed by atoms with Crippen molar-refractivity contribution >= 4 is 57.7 Å². The fraction of sp³-hybridized carbons (Fsp3) is 0.154. The van der Waals surface area contributed by atoms with Crippen LogP contribution >= 0.6 is 46.1 Å². The van der Waals surface area contributed by atoms with E-state index in [1.807, 2.05) is 12.1 Å². The Labute approximate surface area is 135 Å². The van der Waals surface area contributed by atoms with Crippen molar-refractivity contribution in [1.82, 2.24) is 5.32 Å². The Balaban J connectivity index is 1.84. The second-order valence-corrected chi connectivity index (χ2v) is 6.57. The van der Waals surface area contributed by atoms with Crippen LogP contribution in [0.5, 0.6) is 0 Å². The molecule has 0 saturated heterocycles. The topological polar surface area (TPSA) is 41.1 Å². The number of nitrogens with one attached hydrogen (secondary N) is 2. The minimum atomic E-state index is -0.206. The first-order valence-corrected chi connectivity index (χ1v) is 7.70. The second-order valence-electron chi connectivity index (χ2n) is 3.95. The Morgan fingerprint density at radius 3 is 2.40 bits per heavy atom. The van der Waals surface area contributed by atoms with E-state index in [1.165, 1.54) is 11.3 Å². The summed E-state index contributed by atoms with van der Waals surface area (Å²) in [6.45, 7) is 0.748. The summed E-state index contributed by atoms with van der Waals surface area (Å²) in [5.74, 6) is -0.206. The van der Waals surface area contributed by atoms with Crippen LogP contribution in [0.25, 0.3) is 0 Å². The smallest absolute Gasteiger partial charge is 0.238 e. The molecule has 0 saturated carbocycles. The highest BCUT2D eigenvalue weighted by molar-refractivity contribution is 7.16. The predicted molar refractivity (Wildman–Crippen MR) is 86.1 cm³/mol. The molecular formula is C13H11Cl3N2OS. The Hall–Kier alpha value is -0.780. The number of halogens is 3. The molecule has 0 atom stereocenters. The first-order chi connectivity index (χ1) is 9.56. The molecule has 0 spiro atoms. The van der Waals surface area contributed by atoms with Gasteiger partial charge in [-0.15, -0.1) is 11.3 Å². The number of amides is 1. The van der Waals surface area contributed by atoms with Crippen molar-refractivity contribution in [1.29, 1.82) is 0 Å². The van der Waals surface area contributed by atoms with Crippen LogP contribution in [-0.4, -0.2) is 12.5 Å². The van der Waals surface area contributed by atoms with Gasteiger partial charge in [0.05, 0.1) is 26.6 Å². The molecule has 0 aliphatic carbocycles. The molecule has 0 unspecified atom stereocenters. The lowest BCUT2D eigenvalue weighted by Crippen LogP contribution is -2.27. The van der Waals surface area contributed by atoms with Crippen LogP contribution in [0, 0.1) is 0 Å². The summed E-state index contributed by atoms with van der Waals surface area (Å²) in [6, 6.07) is 8.81. The Morgan fingerprint density at radius 2 is 1.80 bits per heavy atom. The number of thiophene rings is 1. The minimum Gasteiger partial charge on any atom is -0.322 e. The van der Waals surface area contributed by atoms with Crippen molar-refractivity contribution in [3.05, 3.63) is 49.6 Å². The number of rotatable bonds is 5. The van der Waals surface area contributed by atoms with Gasteiger partial charge in [0.1, 0.15) is 0 Å². The molecule has 0 aliphatic rings. The second kappa shape index (κ2) is 7.29. The number of anilines is 1. The summed E-state index contributed by atoms with van der Waals surface area (Å²) in [5.41, 5.74) is 0.432. The maximum atomic E-state index is 11.8. The summed E-state index contributed by atoms with van der Waals surface area (Å²) in [7, 11) is 0. The van der Waals surface area contributed by atoms with Crippen LogP contribution in [0.4, 0.5) is 5.69 Å². The van der Waals surface area contributed by atoms with Gasteiger partial charge in [-0.25, -0.2) is 0 Å². The number of hydrogen-bond donors (Lipinski definition) is 2. The van der Waals surface area contributed by atoms with Gasteiger partial charge in [0.25, 0.3) is 0 Å². The first kappa shape index (κ1) is 15.6. The summed E-state index contributed by atoms with van der Waals surface area (Å²) in [4.78, 5) is 12.9. The highest BCUT2D eigenvalue weighted by Gasteiger charge is 2.09. The zero-order valence-electron chi connectivity index (χ0n) is 10.3. The van der Waals surface area contributed by atoms with Crippen LogP contribution in [-0.2, 0) is 11.3 Å². The molecule has 0 fully saturated rings. The Morgan fingerprint density at radius 1 is 1.10 bits per heavy atom. The Bertz CT molecular complexity index is 595. The molecule has 1 amide bonds. The molecule has 0 aliphatic heterocycles. The van der Waals surface area contributed by atoms with E-state index in [1.54, 1.807) is 18.2 Å². The SMILES string of the molecule is O=C(CNCc1ccc(Cl)s1)Nc1c(Cl)cccc1Cl. The van der Waals surface area contributed by atoms with Crippen LogP contribution in [0.2, 0.25) is 14.4 Å². The molecule has 20 heavy (non-hydrogen) atoms. The molecule has 1 aromatic carbocycles. The lowest BCUT2D eigenvalue weighted by Gasteiger charge is -2.09. The minimum absolute atomic E-state index is 0.164. The van der Waals surface area contributed by atoms with E-state index >= 15 is 0 Å². The predicted octanol–water partition coefficient (Wildman–Crippen LogP) is 4.44. The lowest BCUT2D eigenvalue weighted by molar-refractivity contribution is -0.115. The highest BCUT2D eigenvalue weighted by atomic mass is 35.5. The van der Waals surface area contributed by atoms with E-state index in [9.17, 15) is 4.79 Å². The van der Waals surface area contributed by atoms with Gasteiger partial charge in [0.15, 0.2) is 0 Å². The van der Waals surface area contributed by atoms with E-state index < -0.39 is 0 Å². The third-order valence-corrected chi connectivity index (χ3v) is 4.30. The Kier molecular flexibility index (Phi) is 5.69.